The van der Waals surface area contributed by atoms with Crippen LogP contribution >= 0.6 is 0 Å². The SMILES string of the molecule is CNC(=O)c1cccc(NC(=O)[C@@H]2[C@H](C(=O)O)C2(C)C)c1C. The molecule has 2 atom stereocenters. The Labute approximate surface area is 128 Å². The van der Waals surface area contributed by atoms with E-state index in [0.29, 0.717) is 16.8 Å². The molecule has 0 aromatic heterocycles. The van der Waals surface area contributed by atoms with Crippen LogP contribution in [0.15, 0.2) is 18.2 Å². The third kappa shape index (κ3) is 2.56. The molecule has 2 rings (SSSR count). The molecule has 1 aromatic rings. The number of rotatable bonds is 4. The predicted molar refractivity (Wildman–Crippen MR) is 81.6 cm³/mol. The second-order valence-electron chi connectivity index (χ2n) is 6.16. The van der Waals surface area contributed by atoms with Gasteiger partial charge in [-0.3, -0.25) is 14.4 Å². The van der Waals surface area contributed by atoms with Gasteiger partial charge >= 0.3 is 5.97 Å². The molecule has 0 aliphatic heterocycles. The molecule has 2 amide bonds. The maximum Gasteiger partial charge on any atom is 0.307 e. The minimum atomic E-state index is -0.957. The number of carboxylic acid groups (broad SMARTS) is 1. The Hall–Kier alpha value is -2.37. The number of hydrogen-bond acceptors (Lipinski definition) is 3. The summed E-state index contributed by atoms with van der Waals surface area (Å²) in [4.78, 5) is 35.3. The zero-order valence-corrected chi connectivity index (χ0v) is 13.1. The van der Waals surface area contributed by atoms with Crippen LogP contribution in [-0.4, -0.2) is 29.9 Å². The van der Waals surface area contributed by atoms with Crippen molar-refractivity contribution in [3.8, 4) is 0 Å². The smallest absolute Gasteiger partial charge is 0.307 e. The highest BCUT2D eigenvalue weighted by Gasteiger charge is 2.65. The Morgan fingerprint density at radius 3 is 2.32 bits per heavy atom. The van der Waals surface area contributed by atoms with E-state index >= 15 is 0 Å². The maximum absolute atomic E-state index is 12.3. The van der Waals surface area contributed by atoms with E-state index in [2.05, 4.69) is 10.6 Å². The number of anilines is 1. The zero-order chi connectivity index (χ0) is 16.7. The Balaban J connectivity index is 2.20. The fraction of sp³-hybridized carbons (Fsp3) is 0.438. The minimum Gasteiger partial charge on any atom is -0.481 e. The Bertz CT molecular complexity index is 652. The molecule has 0 saturated heterocycles. The van der Waals surface area contributed by atoms with Crippen molar-refractivity contribution < 1.29 is 19.5 Å². The molecule has 1 fully saturated rings. The second-order valence-corrected chi connectivity index (χ2v) is 6.16. The van der Waals surface area contributed by atoms with Crippen molar-refractivity contribution in [2.75, 3.05) is 12.4 Å². The van der Waals surface area contributed by atoms with Crippen molar-refractivity contribution in [1.82, 2.24) is 5.32 Å². The van der Waals surface area contributed by atoms with Crippen LogP contribution in [-0.2, 0) is 9.59 Å². The first kappa shape index (κ1) is 16.0. The molecule has 0 bridgehead atoms. The molecule has 1 saturated carbocycles. The van der Waals surface area contributed by atoms with E-state index in [1.165, 1.54) is 7.05 Å². The highest BCUT2D eigenvalue weighted by molar-refractivity contribution is 6.02. The van der Waals surface area contributed by atoms with Gasteiger partial charge in [0.1, 0.15) is 0 Å². The lowest BCUT2D eigenvalue weighted by molar-refractivity contribution is -0.140. The van der Waals surface area contributed by atoms with Gasteiger partial charge in [-0.2, -0.15) is 0 Å². The lowest BCUT2D eigenvalue weighted by atomic mass is 10.1. The summed E-state index contributed by atoms with van der Waals surface area (Å²) in [7, 11) is 1.54. The van der Waals surface area contributed by atoms with Crippen LogP contribution in [0.1, 0.15) is 29.8 Å². The fourth-order valence-corrected chi connectivity index (χ4v) is 2.95. The molecular weight excluding hydrogens is 284 g/mol. The largest absolute Gasteiger partial charge is 0.481 e. The van der Waals surface area contributed by atoms with Crippen LogP contribution in [0.5, 0.6) is 0 Å². The van der Waals surface area contributed by atoms with Crippen LogP contribution in [0, 0.1) is 24.2 Å². The van der Waals surface area contributed by atoms with Gasteiger partial charge < -0.3 is 15.7 Å². The summed E-state index contributed by atoms with van der Waals surface area (Å²) in [5.74, 6) is -2.75. The third-order valence-electron chi connectivity index (χ3n) is 4.44. The predicted octanol–water partition coefficient (Wildman–Crippen LogP) is 1.65. The summed E-state index contributed by atoms with van der Waals surface area (Å²) >= 11 is 0. The van der Waals surface area contributed by atoms with Crippen LogP contribution in [0.2, 0.25) is 0 Å². The number of hydrogen-bond donors (Lipinski definition) is 3. The first-order valence-corrected chi connectivity index (χ1v) is 7.07. The molecule has 1 aliphatic rings. The van der Waals surface area contributed by atoms with E-state index in [1.807, 2.05) is 0 Å². The van der Waals surface area contributed by atoms with Gasteiger partial charge in [-0.25, -0.2) is 0 Å². The molecular formula is C16H20N2O4. The number of amides is 2. The van der Waals surface area contributed by atoms with E-state index < -0.39 is 23.2 Å². The summed E-state index contributed by atoms with van der Waals surface area (Å²) in [5.41, 5.74) is 1.10. The molecule has 0 spiro atoms. The number of carbonyl (C=O) groups excluding carboxylic acids is 2. The van der Waals surface area contributed by atoms with Crippen molar-refractivity contribution in [2.45, 2.75) is 20.8 Å². The maximum atomic E-state index is 12.3. The molecule has 6 heteroatoms. The van der Waals surface area contributed by atoms with Crippen molar-refractivity contribution in [2.24, 2.45) is 17.3 Å². The standard InChI is InChI=1S/C16H20N2O4/c1-8-9(13(19)17-4)6-5-7-10(8)18-14(20)11-12(15(21)22)16(11,2)3/h5-7,11-12H,1-4H3,(H,17,19)(H,18,20)(H,21,22)/t11-,12+/m0/s1. The highest BCUT2D eigenvalue weighted by atomic mass is 16.4. The first-order chi connectivity index (χ1) is 10.2. The number of aliphatic carboxylic acids is 1. The molecule has 0 unspecified atom stereocenters. The van der Waals surface area contributed by atoms with Gasteiger partial charge in [0, 0.05) is 18.3 Å². The Morgan fingerprint density at radius 1 is 1.18 bits per heavy atom. The van der Waals surface area contributed by atoms with Crippen LogP contribution in [0.3, 0.4) is 0 Å². The number of carbonyl (C=O) groups is 3. The number of carboxylic acids is 1. The van der Waals surface area contributed by atoms with E-state index in [0.717, 1.165) is 0 Å². The summed E-state index contributed by atoms with van der Waals surface area (Å²) in [5, 5.41) is 14.4. The van der Waals surface area contributed by atoms with E-state index in [4.69, 9.17) is 5.11 Å². The average Bonchev–Trinajstić information content (AvgIpc) is 3.03. The van der Waals surface area contributed by atoms with Gasteiger partial charge in [0.05, 0.1) is 11.8 Å². The van der Waals surface area contributed by atoms with Gasteiger partial charge in [-0.15, -0.1) is 0 Å². The minimum absolute atomic E-state index is 0.233. The topological polar surface area (TPSA) is 95.5 Å². The van der Waals surface area contributed by atoms with Gasteiger partial charge in [0.2, 0.25) is 5.91 Å². The number of benzene rings is 1. The van der Waals surface area contributed by atoms with Crippen molar-refractivity contribution in [3.63, 3.8) is 0 Å². The fourth-order valence-electron chi connectivity index (χ4n) is 2.95. The Kier molecular flexibility index (Phi) is 3.96. The van der Waals surface area contributed by atoms with E-state index in [1.54, 1.807) is 39.0 Å². The quantitative estimate of drug-likeness (QED) is 0.788. The average molecular weight is 304 g/mol. The lowest BCUT2D eigenvalue weighted by Gasteiger charge is -2.12. The molecule has 118 valence electrons. The molecule has 6 nitrogen and oxygen atoms in total. The van der Waals surface area contributed by atoms with Crippen molar-refractivity contribution in [3.05, 3.63) is 29.3 Å². The monoisotopic (exact) mass is 304 g/mol. The van der Waals surface area contributed by atoms with Crippen LogP contribution < -0.4 is 10.6 Å². The summed E-state index contributed by atoms with van der Waals surface area (Å²) in [6, 6.07) is 5.05. The van der Waals surface area contributed by atoms with Gasteiger partial charge in [-0.05, 0) is 30.0 Å². The number of nitrogens with one attached hydrogen (secondary N) is 2. The first-order valence-electron chi connectivity index (χ1n) is 7.07. The molecule has 0 heterocycles. The third-order valence-corrected chi connectivity index (χ3v) is 4.44. The van der Waals surface area contributed by atoms with E-state index in [-0.39, 0.29) is 11.8 Å². The van der Waals surface area contributed by atoms with Crippen molar-refractivity contribution in [1.29, 1.82) is 0 Å². The van der Waals surface area contributed by atoms with E-state index in [9.17, 15) is 14.4 Å². The van der Waals surface area contributed by atoms with Crippen LogP contribution in [0.4, 0.5) is 5.69 Å². The molecule has 1 aliphatic carbocycles. The summed E-state index contributed by atoms with van der Waals surface area (Å²) in [6.45, 7) is 5.28. The molecule has 22 heavy (non-hydrogen) atoms. The van der Waals surface area contributed by atoms with Gasteiger partial charge in [0.25, 0.3) is 5.91 Å². The normalized spacial score (nSPS) is 21.8. The summed E-state index contributed by atoms with van der Waals surface area (Å²) < 4.78 is 0. The van der Waals surface area contributed by atoms with Crippen LogP contribution in [0.25, 0.3) is 0 Å². The molecule has 3 N–H and O–H groups in total. The van der Waals surface area contributed by atoms with Crippen molar-refractivity contribution >= 4 is 23.5 Å². The zero-order valence-electron chi connectivity index (χ0n) is 13.1. The highest BCUT2D eigenvalue weighted by Crippen LogP contribution is 2.58. The second kappa shape index (κ2) is 5.44. The molecule has 0 radical (unpaired) electrons. The Morgan fingerprint density at radius 2 is 1.82 bits per heavy atom. The van der Waals surface area contributed by atoms with Gasteiger partial charge in [-0.1, -0.05) is 19.9 Å². The van der Waals surface area contributed by atoms with Gasteiger partial charge in [0.15, 0.2) is 0 Å². The summed E-state index contributed by atoms with van der Waals surface area (Å²) in [6.07, 6.45) is 0. The lowest BCUT2D eigenvalue weighted by Crippen LogP contribution is -2.21. The molecule has 1 aromatic carbocycles.